The summed E-state index contributed by atoms with van der Waals surface area (Å²) in [5, 5.41) is 13.2. The fourth-order valence-electron chi connectivity index (χ4n) is 2.20. The van der Waals surface area contributed by atoms with E-state index in [-0.39, 0.29) is 24.4 Å². The van der Waals surface area contributed by atoms with Gasteiger partial charge in [-0.2, -0.15) is 18.4 Å². The summed E-state index contributed by atoms with van der Waals surface area (Å²) in [5.74, 6) is -0.588. The topological polar surface area (TPSA) is 64.9 Å². The van der Waals surface area contributed by atoms with Gasteiger partial charge in [-0.15, -0.1) is 0 Å². The van der Waals surface area contributed by atoms with Crippen molar-refractivity contribution >= 4 is 5.91 Å². The molecule has 0 spiro atoms. The van der Waals surface area contributed by atoms with Crippen molar-refractivity contribution in [1.29, 1.82) is 5.26 Å². The maximum Gasteiger partial charge on any atom is 0.407 e. The van der Waals surface area contributed by atoms with Crippen molar-refractivity contribution in [3.05, 3.63) is 35.9 Å². The maximum atomic E-state index is 13.4. The summed E-state index contributed by atoms with van der Waals surface area (Å²) in [7, 11) is 0. The molecular weight excluding hydrogens is 307 g/mol. The Morgan fingerprint density at radius 3 is 2.35 bits per heavy atom. The van der Waals surface area contributed by atoms with Gasteiger partial charge in [0.15, 0.2) is 0 Å². The van der Waals surface area contributed by atoms with E-state index < -0.39 is 24.2 Å². The molecule has 0 bridgehead atoms. The molecule has 0 aliphatic rings. The van der Waals surface area contributed by atoms with Crippen molar-refractivity contribution in [2.24, 2.45) is 5.92 Å². The number of carbonyl (C=O) groups excluding carboxylic acids is 1. The molecule has 0 saturated carbocycles. The van der Waals surface area contributed by atoms with Crippen LogP contribution in [0, 0.1) is 17.2 Å². The summed E-state index contributed by atoms with van der Waals surface area (Å²) in [4.78, 5) is 12.0. The number of alkyl halides is 3. The number of hydrogen-bond donors (Lipinski definition) is 2. The Morgan fingerprint density at radius 2 is 1.87 bits per heavy atom. The minimum atomic E-state index is -4.54. The van der Waals surface area contributed by atoms with Crippen LogP contribution in [0.1, 0.15) is 31.9 Å². The zero-order valence-electron chi connectivity index (χ0n) is 13.0. The first-order valence-corrected chi connectivity index (χ1v) is 7.28. The molecule has 1 aromatic rings. The standard InChI is InChI=1S/C16H20F3N3O/c1-11(2)10-13(15(23)21-9-8-20)22-14(16(17,18)19)12-6-4-3-5-7-12/h3-7,11,13-14,22H,9-10H2,1-2H3,(H,21,23)/t13-,14-/m0/s1. The highest BCUT2D eigenvalue weighted by Gasteiger charge is 2.42. The normalized spacial score (nSPS) is 14.1. The molecule has 126 valence electrons. The molecule has 4 nitrogen and oxygen atoms in total. The van der Waals surface area contributed by atoms with Gasteiger partial charge in [-0.3, -0.25) is 10.1 Å². The molecule has 0 saturated heterocycles. The Bertz CT molecular complexity index is 538. The average Bonchev–Trinajstić information content (AvgIpc) is 2.48. The summed E-state index contributed by atoms with van der Waals surface area (Å²) in [6.45, 7) is 3.39. The number of carbonyl (C=O) groups is 1. The lowest BCUT2D eigenvalue weighted by Gasteiger charge is -2.28. The summed E-state index contributed by atoms with van der Waals surface area (Å²) >= 11 is 0. The molecule has 1 rings (SSSR count). The van der Waals surface area contributed by atoms with Gasteiger partial charge < -0.3 is 5.32 Å². The predicted octanol–water partition coefficient (Wildman–Crippen LogP) is 2.93. The largest absolute Gasteiger partial charge is 0.407 e. The van der Waals surface area contributed by atoms with Crippen molar-refractivity contribution in [2.75, 3.05) is 6.54 Å². The average molecular weight is 327 g/mol. The van der Waals surface area contributed by atoms with E-state index in [4.69, 9.17) is 5.26 Å². The monoisotopic (exact) mass is 327 g/mol. The fraction of sp³-hybridized carbons (Fsp3) is 0.500. The van der Waals surface area contributed by atoms with E-state index in [9.17, 15) is 18.0 Å². The van der Waals surface area contributed by atoms with E-state index in [1.54, 1.807) is 12.1 Å². The van der Waals surface area contributed by atoms with Crippen molar-refractivity contribution < 1.29 is 18.0 Å². The molecule has 0 aromatic heterocycles. The molecule has 23 heavy (non-hydrogen) atoms. The van der Waals surface area contributed by atoms with Crippen LogP contribution in [0.3, 0.4) is 0 Å². The zero-order chi connectivity index (χ0) is 17.5. The SMILES string of the molecule is CC(C)C[C@H](N[C@@H](c1ccccc1)C(F)(F)F)C(=O)NCC#N. The summed E-state index contributed by atoms with van der Waals surface area (Å²) in [6.07, 6.45) is -4.30. The second kappa shape index (κ2) is 8.53. The van der Waals surface area contributed by atoms with E-state index in [0.717, 1.165) is 0 Å². The Labute approximate surface area is 133 Å². The van der Waals surface area contributed by atoms with E-state index >= 15 is 0 Å². The molecule has 1 aromatic carbocycles. The van der Waals surface area contributed by atoms with Gasteiger partial charge >= 0.3 is 6.18 Å². The number of benzene rings is 1. The maximum absolute atomic E-state index is 13.4. The number of nitriles is 1. The van der Waals surface area contributed by atoms with E-state index in [1.165, 1.54) is 24.3 Å². The van der Waals surface area contributed by atoms with E-state index in [1.807, 2.05) is 13.8 Å². The predicted molar refractivity (Wildman–Crippen MR) is 80.2 cm³/mol. The van der Waals surface area contributed by atoms with Crippen LogP contribution in [0.4, 0.5) is 13.2 Å². The Balaban J connectivity index is 3.00. The lowest BCUT2D eigenvalue weighted by molar-refractivity contribution is -0.161. The van der Waals surface area contributed by atoms with Crippen LogP contribution >= 0.6 is 0 Å². The smallest absolute Gasteiger partial charge is 0.342 e. The molecule has 0 aliphatic carbocycles. The number of halogens is 3. The molecule has 0 unspecified atom stereocenters. The molecule has 0 aliphatic heterocycles. The second-order valence-corrected chi connectivity index (χ2v) is 5.61. The third-order valence-electron chi connectivity index (χ3n) is 3.19. The van der Waals surface area contributed by atoms with Gasteiger partial charge in [0.05, 0.1) is 12.1 Å². The number of rotatable bonds is 7. The Morgan fingerprint density at radius 1 is 1.26 bits per heavy atom. The van der Waals surface area contributed by atoms with Gasteiger partial charge in [0.2, 0.25) is 5.91 Å². The zero-order valence-corrected chi connectivity index (χ0v) is 13.0. The molecule has 0 radical (unpaired) electrons. The summed E-state index contributed by atoms with van der Waals surface area (Å²) < 4.78 is 40.1. The molecule has 1 amide bonds. The Hall–Kier alpha value is -2.07. The van der Waals surface area contributed by atoms with Crippen LogP contribution in [-0.4, -0.2) is 24.7 Å². The van der Waals surface area contributed by atoms with Gasteiger partial charge in [0.1, 0.15) is 12.6 Å². The van der Waals surface area contributed by atoms with Gasteiger partial charge in [-0.1, -0.05) is 44.2 Å². The number of nitrogens with one attached hydrogen (secondary N) is 2. The molecule has 2 atom stereocenters. The first-order chi connectivity index (χ1) is 10.8. The molecule has 2 N–H and O–H groups in total. The Kier molecular flexibility index (Phi) is 7.04. The van der Waals surface area contributed by atoms with Crippen LogP contribution in [0.2, 0.25) is 0 Å². The lowest BCUT2D eigenvalue weighted by Crippen LogP contribution is -2.49. The first kappa shape index (κ1) is 19.0. The molecule has 0 heterocycles. The van der Waals surface area contributed by atoms with Crippen molar-refractivity contribution in [2.45, 2.75) is 38.5 Å². The lowest BCUT2D eigenvalue weighted by atomic mass is 9.99. The van der Waals surface area contributed by atoms with Crippen LogP contribution in [0.5, 0.6) is 0 Å². The van der Waals surface area contributed by atoms with E-state index in [0.29, 0.717) is 0 Å². The molecule has 7 heteroatoms. The van der Waals surface area contributed by atoms with Crippen LogP contribution in [0.25, 0.3) is 0 Å². The van der Waals surface area contributed by atoms with Gasteiger partial charge in [0, 0.05) is 0 Å². The van der Waals surface area contributed by atoms with Gasteiger partial charge in [-0.05, 0) is 17.9 Å². The summed E-state index contributed by atoms with van der Waals surface area (Å²) in [6, 6.07) is 6.16. The third-order valence-corrected chi connectivity index (χ3v) is 3.19. The molecule has 0 fully saturated rings. The van der Waals surface area contributed by atoms with Crippen molar-refractivity contribution in [3.63, 3.8) is 0 Å². The molecular formula is C16H20F3N3O. The van der Waals surface area contributed by atoms with Crippen LogP contribution in [0.15, 0.2) is 30.3 Å². The van der Waals surface area contributed by atoms with Crippen molar-refractivity contribution in [3.8, 4) is 6.07 Å². The minimum absolute atomic E-state index is 0.0185. The van der Waals surface area contributed by atoms with Crippen LogP contribution < -0.4 is 10.6 Å². The minimum Gasteiger partial charge on any atom is -0.342 e. The number of amides is 1. The van der Waals surface area contributed by atoms with Crippen LogP contribution in [-0.2, 0) is 4.79 Å². The van der Waals surface area contributed by atoms with Gasteiger partial charge in [-0.25, -0.2) is 0 Å². The number of nitrogens with zero attached hydrogens (tertiary/aromatic N) is 1. The highest BCUT2D eigenvalue weighted by molar-refractivity contribution is 5.82. The van der Waals surface area contributed by atoms with Gasteiger partial charge in [0.25, 0.3) is 0 Å². The summed E-state index contributed by atoms with van der Waals surface area (Å²) in [5.41, 5.74) is 0.0434. The van der Waals surface area contributed by atoms with E-state index in [2.05, 4.69) is 10.6 Å². The number of hydrogen-bond acceptors (Lipinski definition) is 3. The highest BCUT2D eigenvalue weighted by atomic mass is 19.4. The quantitative estimate of drug-likeness (QED) is 0.757. The van der Waals surface area contributed by atoms with Crippen molar-refractivity contribution in [1.82, 2.24) is 10.6 Å². The second-order valence-electron chi connectivity index (χ2n) is 5.61. The fourth-order valence-corrected chi connectivity index (χ4v) is 2.20. The first-order valence-electron chi connectivity index (χ1n) is 7.28. The third kappa shape index (κ3) is 6.28. The highest BCUT2D eigenvalue weighted by Crippen LogP contribution is 2.33.